The van der Waals surface area contributed by atoms with Gasteiger partial charge in [0.25, 0.3) is 0 Å². The van der Waals surface area contributed by atoms with E-state index in [1.165, 1.54) is 3.57 Å². The molecule has 1 atom stereocenters. The normalized spacial score (nSPS) is 12.1. The molecule has 0 aliphatic carbocycles. The number of anilines is 1. The van der Waals surface area contributed by atoms with Gasteiger partial charge in [-0.25, -0.2) is 0 Å². The summed E-state index contributed by atoms with van der Waals surface area (Å²) in [6, 6.07) is 15.8. The minimum Gasteiger partial charge on any atom is -0.508 e. The topological polar surface area (TPSA) is 32.3 Å². The Morgan fingerprint density at radius 3 is 2.18 bits per heavy atom. The number of rotatable bonds is 3. The van der Waals surface area contributed by atoms with Crippen LogP contribution >= 0.6 is 22.6 Å². The molecule has 3 heteroatoms. The van der Waals surface area contributed by atoms with E-state index in [2.05, 4.69) is 59.1 Å². The summed E-state index contributed by atoms with van der Waals surface area (Å²) >= 11 is 2.29. The van der Waals surface area contributed by atoms with Gasteiger partial charge in [-0.3, -0.25) is 0 Å². The first kappa shape index (κ1) is 12.2. The molecule has 2 aromatic carbocycles. The van der Waals surface area contributed by atoms with Gasteiger partial charge >= 0.3 is 0 Å². The maximum atomic E-state index is 9.24. The van der Waals surface area contributed by atoms with Crippen LogP contribution in [-0.4, -0.2) is 5.11 Å². The van der Waals surface area contributed by atoms with Crippen LogP contribution in [0, 0.1) is 3.57 Å². The van der Waals surface area contributed by atoms with Gasteiger partial charge in [-0.2, -0.15) is 0 Å². The third kappa shape index (κ3) is 3.36. The van der Waals surface area contributed by atoms with Crippen LogP contribution in [0.2, 0.25) is 0 Å². The van der Waals surface area contributed by atoms with Gasteiger partial charge in [-0.1, -0.05) is 12.1 Å². The zero-order valence-electron chi connectivity index (χ0n) is 9.52. The fraction of sp³-hybridized carbons (Fsp3) is 0.143. The monoisotopic (exact) mass is 339 g/mol. The molecular weight excluding hydrogens is 325 g/mol. The van der Waals surface area contributed by atoms with Crippen molar-refractivity contribution in [2.24, 2.45) is 0 Å². The molecule has 0 fully saturated rings. The lowest BCUT2D eigenvalue weighted by molar-refractivity contribution is 0.475. The Hall–Kier alpha value is -1.23. The van der Waals surface area contributed by atoms with Crippen molar-refractivity contribution in [3.63, 3.8) is 0 Å². The molecule has 17 heavy (non-hydrogen) atoms. The maximum Gasteiger partial charge on any atom is 0.115 e. The first-order valence-electron chi connectivity index (χ1n) is 5.46. The maximum absolute atomic E-state index is 9.24. The number of nitrogens with one attached hydrogen (secondary N) is 1. The van der Waals surface area contributed by atoms with Crippen LogP contribution in [0.5, 0.6) is 5.75 Å². The first-order valence-corrected chi connectivity index (χ1v) is 6.54. The molecule has 0 spiro atoms. The summed E-state index contributed by atoms with van der Waals surface area (Å²) in [5.74, 6) is 0.301. The zero-order valence-corrected chi connectivity index (χ0v) is 11.7. The molecular formula is C14H14INO. The highest BCUT2D eigenvalue weighted by Crippen LogP contribution is 2.21. The molecule has 0 saturated heterocycles. The Balaban J connectivity index is 2.08. The van der Waals surface area contributed by atoms with Crippen LogP contribution in [0.25, 0.3) is 0 Å². The summed E-state index contributed by atoms with van der Waals surface area (Å²) in [7, 11) is 0. The van der Waals surface area contributed by atoms with Crippen LogP contribution < -0.4 is 5.32 Å². The Labute approximate surface area is 115 Å². The lowest BCUT2D eigenvalue weighted by atomic mass is 10.1. The zero-order chi connectivity index (χ0) is 12.3. The van der Waals surface area contributed by atoms with Gasteiger partial charge in [0.2, 0.25) is 0 Å². The van der Waals surface area contributed by atoms with Crippen molar-refractivity contribution in [2.45, 2.75) is 13.0 Å². The van der Waals surface area contributed by atoms with E-state index in [1.54, 1.807) is 12.1 Å². The van der Waals surface area contributed by atoms with Crippen molar-refractivity contribution in [1.82, 2.24) is 0 Å². The van der Waals surface area contributed by atoms with Crippen LogP contribution in [0.3, 0.4) is 0 Å². The van der Waals surface area contributed by atoms with Crippen molar-refractivity contribution in [3.8, 4) is 5.75 Å². The van der Waals surface area contributed by atoms with Gasteiger partial charge in [0.1, 0.15) is 5.75 Å². The average molecular weight is 339 g/mol. The van der Waals surface area contributed by atoms with E-state index in [1.807, 2.05) is 12.1 Å². The molecule has 0 aliphatic heterocycles. The summed E-state index contributed by atoms with van der Waals surface area (Å²) in [5.41, 5.74) is 2.26. The fourth-order valence-electron chi connectivity index (χ4n) is 1.64. The van der Waals surface area contributed by atoms with Gasteiger partial charge in [0.05, 0.1) is 0 Å². The van der Waals surface area contributed by atoms with E-state index in [0.717, 1.165) is 11.3 Å². The van der Waals surface area contributed by atoms with E-state index >= 15 is 0 Å². The van der Waals surface area contributed by atoms with Crippen LogP contribution in [-0.2, 0) is 0 Å². The number of hydrogen-bond acceptors (Lipinski definition) is 2. The first-order chi connectivity index (χ1) is 8.15. The molecule has 2 N–H and O–H groups in total. The van der Waals surface area contributed by atoms with Gasteiger partial charge in [0, 0.05) is 15.3 Å². The molecule has 0 aromatic heterocycles. The third-order valence-corrected chi connectivity index (χ3v) is 3.34. The van der Waals surface area contributed by atoms with Crippen molar-refractivity contribution < 1.29 is 5.11 Å². The minimum absolute atomic E-state index is 0.218. The number of phenols is 1. The SMILES string of the molecule is CC(Nc1ccc(I)cc1)c1ccc(O)cc1. The van der Waals surface area contributed by atoms with Gasteiger partial charge in [0.15, 0.2) is 0 Å². The number of benzene rings is 2. The molecule has 0 saturated carbocycles. The quantitative estimate of drug-likeness (QED) is 0.823. The average Bonchev–Trinajstić information content (AvgIpc) is 2.33. The Kier molecular flexibility index (Phi) is 3.89. The summed E-state index contributed by atoms with van der Waals surface area (Å²) in [6.07, 6.45) is 0. The van der Waals surface area contributed by atoms with Crippen molar-refractivity contribution in [2.75, 3.05) is 5.32 Å². The van der Waals surface area contributed by atoms with E-state index in [9.17, 15) is 5.11 Å². The van der Waals surface area contributed by atoms with Crippen molar-refractivity contribution >= 4 is 28.3 Å². The van der Waals surface area contributed by atoms with E-state index in [-0.39, 0.29) is 6.04 Å². The summed E-state index contributed by atoms with van der Waals surface area (Å²) in [6.45, 7) is 2.10. The number of hydrogen-bond donors (Lipinski definition) is 2. The van der Waals surface area contributed by atoms with Crippen LogP contribution in [0.1, 0.15) is 18.5 Å². The lowest BCUT2D eigenvalue weighted by Crippen LogP contribution is -2.06. The molecule has 0 bridgehead atoms. The second-order valence-corrected chi connectivity index (χ2v) is 5.21. The highest BCUT2D eigenvalue weighted by Gasteiger charge is 2.04. The molecule has 0 heterocycles. The summed E-state index contributed by atoms with van der Waals surface area (Å²) in [4.78, 5) is 0. The van der Waals surface area contributed by atoms with E-state index in [0.29, 0.717) is 5.75 Å². The second-order valence-electron chi connectivity index (χ2n) is 3.96. The van der Waals surface area contributed by atoms with Gasteiger partial charge < -0.3 is 10.4 Å². The molecule has 0 radical (unpaired) electrons. The van der Waals surface area contributed by atoms with Crippen LogP contribution in [0.4, 0.5) is 5.69 Å². The lowest BCUT2D eigenvalue weighted by Gasteiger charge is -2.15. The van der Waals surface area contributed by atoms with Crippen molar-refractivity contribution in [1.29, 1.82) is 0 Å². The predicted molar refractivity (Wildman–Crippen MR) is 79.3 cm³/mol. The minimum atomic E-state index is 0.218. The van der Waals surface area contributed by atoms with Crippen LogP contribution in [0.15, 0.2) is 48.5 Å². The largest absolute Gasteiger partial charge is 0.508 e. The van der Waals surface area contributed by atoms with Gasteiger partial charge in [-0.15, -0.1) is 0 Å². The number of aromatic hydroxyl groups is 1. The smallest absolute Gasteiger partial charge is 0.115 e. The highest BCUT2D eigenvalue weighted by atomic mass is 127. The van der Waals surface area contributed by atoms with Crippen molar-refractivity contribution in [3.05, 3.63) is 57.7 Å². The standard InChI is InChI=1S/C14H14INO/c1-10(11-2-8-14(17)9-3-11)16-13-6-4-12(15)5-7-13/h2-10,16-17H,1H3. The summed E-state index contributed by atoms with van der Waals surface area (Å²) < 4.78 is 1.23. The van der Waals surface area contributed by atoms with E-state index in [4.69, 9.17) is 0 Å². The molecule has 88 valence electrons. The number of phenolic OH excluding ortho intramolecular Hbond substituents is 1. The molecule has 0 aliphatic rings. The summed E-state index contributed by atoms with van der Waals surface area (Å²) in [5, 5.41) is 12.7. The number of halogens is 1. The molecule has 2 nitrogen and oxygen atoms in total. The Morgan fingerprint density at radius 2 is 1.59 bits per heavy atom. The molecule has 2 rings (SSSR count). The predicted octanol–water partition coefficient (Wildman–Crippen LogP) is 4.17. The Morgan fingerprint density at radius 1 is 1.00 bits per heavy atom. The molecule has 1 unspecified atom stereocenters. The second kappa shape index (κ2) is 5.40. The van der Waals surface area contributed by atoms with E-state index < -0.39 is 0 Å². The Bertz CT molecular complexity index is 479. The van der Waals surface area contributed by atoms with Gasteiger partial charge in [-0.05, 0) is 71.5 Å². The molecule has 2 aromatic rings. The molecule has 0 amide bonds. The highest BCUT2D eigenvalue weighted by molar-refractivity contribution is 14.1. The fourth-order valence-corrected chi connectivity index (χ4v) is 2.00. The third-order valence-electron chi connectivity index (χ3n) is 2.62.